The molecule has 3 aromatic carbocycles. The molecule has 3 amide bonds. The monoisotopic (exact) mass is 753 g/mol. The molecule has 2 fully saturated rings. The highest BCUT2D eigenvalue weighted by Crippen LogP contribution is 2.48. The third-order valence-corrected chi connectivity index (χ3v) is 12.3. The number of pyridine rings is 1. The van der Waals surface area contributed by atoms with Gasteiger partial charge in [0.25, 0.3) is 15.9 Å². The van der Waals surface area contributed by atoms with E-state index in [2.05, 4.69) is 15.4 Å². The maximum Gasteiger partial charge on any atom is 0.266 e. The summed E-state index contributed by atoms with van der Waals surface area (Å²) < 4.78 is 41.7. The van der Waals surface area contributed by atoms with Gasteiger partial charge in [-0.25, -0.2) is 18.1 Å². The van der Waals surface area contributed by atoms with Crippen LogP contribution >= 0.6 is 0 Å². The molecule has 3 heterocycles. The fourth-order valence-electron chi connectivity index (χ4n) is 7.85. The molecule has 0 bridgehead atoms. The average molecular weight is 754 g/mol. The topological polar surface area (TPSA) is 156 Å². The fourth-order valence-corrected chi connectivity index (χ4v) is 9.07. The van der Waals surface area contributed by atoms with Crippen LogP contribution in [-0.4, -0.2) is 73.9 Å². The zero-order chi connectivity index (χ0) is 37.9. The molecule has 54 heavy (non-hydrogen) atoms. The standard InChI is InChI=1S/C41H47N5O7S/c1-27(47)46-26-31(53-37-24-34(28-14-8-7-9-15-28)43-35-22-30(52-2)19-20-32(35)37)23-36(46)39(48)44-41-25-29(41)16-10-5-3-4-6-13-21-42-33-17-11-12-18-38(33)54(50,51)45-40(41)49/h7-9,11-12,14-15,17-20,22,24,29,31,36,42H,3-6,10,13,16,21,23,25-26H2,1-2H3,(H,44,48)(H,45,49)/t29-,31+,36-,41+/m0/s1. The van der Waals surface area contributed by atoms with Crippen molar-refractivity contribution in [3.05, 3.63) is 78.9 Å². The van der Waals surface area contributed by atoms with Crippen molar-refractivity contribution in [3.63, 3.8) is 0 Å². The van der Waals surface area contributed by atoms with Crippen molar-refractivity contribution < 1.29 is 32.3 Å². The minimum absolute atomic E-state index is 0.0276. The molecule has 3 aliphatic rings. The second kappa shape index (κ2) is 15.7. The molecule has 7 rings (SSSR count). The Labute approximate surface area is 316 Å². The molecule has 3 N–H and O–H groups in total. The predicted octanol–water partition coefficient (Wildman–Crippen LogP) is 5.81. The summed E-state index contributed by atoms with van der Waals surface area (Å²) in [6.45, 7) is 2.16. The van der Waals surface area contributed by atoms with Gasteiger partial charge in [0, 0.05) is 43.0 Å². The van der Waals surface area contributed by atoms with Gasteiger partial charge in [0.2, 0.25) is 11.8 Å². The highest BCUT2D eigenvalue weighted by Gasteiger charge is 2.62. The molecule has 1 saturated heterocycles. The first-order valence-corrected chi connectivity index (χ1v) is 20.3. The number of benzene rings is 3. The lowest BCUT2D eigenvalue weighted by molar-refractivity contribution is -0.138. The van der Waals surface area contributed by atoms with Crippen LogP contribution in [0.15, 0.2) is 83.8 Å². The van der Waals surface area contributed by atoms with Gasteiger partial charge in [-0.2, -0.15) is 0 Å². The molecule has 0 radical (unpaired) electrons. The summed E-state index contributed by atoms with van der Waals surface area (Å²) in [5.74, 6) is -0.644. The highest BCUT2D eigenvalue weighted by molar-refractivity contribution is 7.90. The molecule has 12 nitrogen and oxygen atoms in total. The van der Waals surface area contributed by atoms with Crippen LogP contribution in [0.4, 0.5) is 5.69 Å². The van der Waals surface area contributed by atoms with E-state index in [4.69, 9.17) is 14.5 Å². The molecule has 284 valence electrons. The Balaban J connectivity index is 1.13. The largest absolute Gasteiger partial charge is 0.497 e. The van der Waals surface area contributed by atoms with E-state index in [0.717, 1.165) is 49.5 Å². The van der Waals surface area contributed by atoms with Gasteiger partial charge in [-0.3, -0.25) is 14.4 Å². The van der Waals surface area contributed by atoms with Crippen LogP contribution in [0.5, 0.6) is 11.5 Å². The molecule has 0 unspecified atom stereocenters. The summed E-state index contributed by atoms with van der Waals surface area (Å²) in [5, 5.41) is 6.93. The number of methoxy groups -OCH3 is 1. The first kappa shape index (κ1) is 37.2. The molecule has 13 heteroatoms. The van der Waals surface area contributed by atoms with Crippen LogP contribution < -0.4 is 24.8 Å². The zero-order valence-corrected chi connectivity index (χ0v) is 31.5. The number of nitrogens with zero attached hydrogens (tertiary/aromatic N) is 2. The van der Waals surface area contributed by atoms with Crippen LogP contribution in [0.1, 0.15) is 64.7 Å². The Morgan fingerprint density at radius 3 is 2.46 bits per heavy atom. The first-order chi connectivity index (χ1) is 26.1. The Bertz CT molecular complexity index is 2150. The number of likely N-dealkylation sites (tertiary alicyclic amines) is 1. The van der Waals surface area contributed by atoms with Crippen molar-refractivity contribution in [3.8, 4) is 22.8 Å². The normalized spacial score (nSPS) is 24.3. The van der Waals surface area contributed by atoms with E-state index >= 15 is 0 Å². The molecular weight excluding hydrogens is 707 g/mol. The second-order valence-electron chi connectivity index (χ2n) is 14.5. The number of aromatic nitrogens is 1. The second-order valence-corrected chi connectivity index (χ2v) is 16.2. The number of carbonyl (C=O) groups excluding carboxylic acids is 3. The molecule has 0 spiro atoms. The van der Waals surface area contributed by atoms with Crippen LogP contribution in [0.25, 0.3) is 22.2 Å². The van der Waals surface area contributed by atoms with Crippen molar-refractivity contribution in [1.29, 1.82) is 0 Å². The number of ether oxygens (including phenoxy) is 2. The summed E-state index contributed by atoms with van der Waals surface area (Å²) in [6.07, 6.45) is 6.51. The van der Waals surface area contributed by atoms with Crippen molar-refractivity contribution in [2.75, 3.05) is 25.5 Å². The van der Waals surface area contributed by atoms with E-state index in [9.17, 15) is 22.8 Å². The smallest absolute Gasteiger partial charge is 0.266 e. The fraction of sp³-hybridized carbons (Fsp3) is 0.415. The van der Waals surface area contributed by atoms with Crippen molar-refractivity contribution >= 4 is 44.3 Å². The lowest BCUT2D eigenvalue weighted by Gasteiger charge is -2.26. The lowest BCUT2D eigenvalue weighted by atomic mass is 10.0. The number of hydrogen-bond acceptors (Lipinski definition) is 9. The van der Waals surface area contributed by atoms with E-state index in [1.54, 1.807) is 25.3 Å². The van der Waals surface area contributed by atoms with Crippen molar-refractivity contribution in [1.82, 2.24) is 19.9 Å². The number of para-hydroxylation sites is 1. The van der Waals surface area contributed by atoms with Gasteiger partial charge in [0.05, 0.1) is 30.6 Å². The predicted molar refractivity (Wildman–Crippen MR) is 205 cm³/mol. The van der Waals surface area contributed by atoms with Crippen LogP contribution in [-0.2, 0) is 24.4 Å². The lowest BCUT2D eigenvalue weighted by Crippen LogP contribution is -2.56. The van der Waals surface area contributed by atoms with E-state index < -0.39 is 39.5 Å². The minimum atomic E-state index is -4.28. The Hall–Kier alpha value is -5.17. The molecular formula is C41H47N5O7S. The molecule has 4 aromatic rings. The number of hydrogen-bond donors (Lipinski definition) is 3. The van der Waals surface area contributed by atoms with Crippen LogP contribution in [0.2, 0.25) is 0 Å². The maximum atomic E-state index is 14.2. The SMILES string of the molecule is COc1ccc2c(O[C@@H]3C[C@@H](C(=O)N[C@]45C[C@@H]4CCCCCCCCNc4ccccc4S(=O)(=O)NC5=O)N(C(C)=O)C3)cc(-c3ccccc3)nc2c1. The van der Waals surface area contributed by atoms with Gasteiger partial charge in [-0.1, -0.05) is 74.6 Å². The number of sulfonamides is 1. The van der Waals surface area contributed by atoms with Gasteiger partial charge in [0.15, 0.2) is 0 Å². The summed E-state index contributed by atoms with van der Waals surface area (Å²) in [5.41, 5.74) is 1.26. The van der Waals surface area contributed by atoms with Gasteiger partial charge in [-0.15, -0.1) is 0 Å². The number of nitrogens with one attached hydrogen (secondary N) is 3. The van der Waals surface area contributed by atoms with Crippen molar-refractivity contribution in [2.45, 2.75) is 87.3 Å². The Morgan fingerprint density at radius 1 is 0.944 bits per heavy atom. The first-order valence-electron chi connectivity index (χ1n) is 18.8. The van der Waals surface area contributed by atoms with Gasteiger partial charge < -0.3 is 25.0 Å². The number of fused-ring (bicyclic) bond motifs is 3. The van der Waals surface area contributed by atoms with Crippen LogP contribution in [0, 0.1) is 5.92 Å². The summed E-state index contributed by atoms with van der Waals surface area (Å²) in [4.78, 5) is 47.6. The zero-order valence-electron chi connectivity index (χ0n) is 30.7. The minimum Gasteiger partial charge on any atom is -0.497 e. The summed E-state index contributed by atoms with van der Waals surface area (Å²) in [6, 6.07) is 22.7. The quantitative estimate of drug-likeness (QED) is 0.221. The Kier molecular flexibility index (Phi) is 10.8. The van der Waals surface area contributed by atoms with E-state index in [1.165, 1.54) is 17.9 Å². The molecule has 1 aromatic heterocycles. The maximum absolute atomic E-state index is 14.2. The van der Waals surface area contributed by atoms with Gasteiger partial charge in [0.1, 0.15) is 34.1 Å². The third kappa shape index (κ3) is 7.87. The highest BCUT2D eigenvalue weighted by atomic mass is 32.2. The van der Waals surface area contributed by atoms with Crippen LogP contribution in [0.3, 0.4) is 0 Å². The van der Waals surface area contributed by atoms with E-state index in [1.807, 2.05) is 54.6 Å². The van der Waals surface area contributed by atoms with E-state index in [0.29, 0.717) is 47.8 Å². The molecule has 4 atom stereocenters. The Morgan fingerprint density at radius 2 is 1.69 bits per heavy atom. The summed E-state index contributed by atoms with van der Waals surface area (Å²) in [7, 11) is -2.69. The number of rotatable bonds is 6. The molecule has 1 saturated carbocycles. The molecule has 2 aliphatic heterocycles. The number of amides is 3. The number of carbonyl (C=O) groups is 3. The van der Waals surface area contributed by atoms with Gasteiger partial charge in [-0.05, 0) is 49.4 Å². The van der Waals surface area contributed by atoms with Crippen molar-refractivity contribution in [2.24, 2.45) is 5.92 Å². The van der Waals surface area contributed by atoms with Gasteiger partial charge >= 0.3 is 0 Å². The summed E-state index contributed by atoms with van der Waals surface area (Å²) >= 11 is 0. The number of anilines is 1. The third-order valence-electron chi connectivity index (χ3n) is 10.9. The van der Waals surface area contributed by atoms with E-state index in [-0.39, 0.29) is 29.7 Å². The average Bonchev–Trinajstić information content (AvgIpc) is 3.69. The molecule has 1 aliphatic carbocycles.